The van der Waals surface area contributed by atoms with Crippen molar-refractivity contribution >= 4 is 28.4 Å². The Kier molecular flexibility index (Phi) is 4.72. The number of nitrogens with one attached hydrogen (secondary N) is 2. The first kappa shape index (κ1) is 17.4. The number of hydrogen-bond donors (Lipinski definition) is 2. The number of hydrogen-bond acceptors (Lipinski definition) is 1. The Bertz CT molecular complexity index is 918. The first-order valence-electron chi connectivity index (χ1n) is 7.55. The van der Waals surface area contributed by atoms with Gasteiger partial charge in [0.1, 0.15) is 0 Å². The van der Waals surface area contributed by atoms with E-state index in [1.807, 2.05) is 18.3 Å². The van der Waals surface area contributed by atoms with Gasteiger partial charge in [0.2, 0.25) is 0 Å². The van der Waals surface area contributed by atoms with Gasteiger partial charge in [0.25, 0.3) is 5.91 Å². The van der Waals surface area contributed by atoms with E-state index in [4.69, 9.17) is 11.6 Å². The monoisotopic (exact) mass is 366 g/mol. The molecule has 7 heteroatoms. The molecule has 0 saturated heterocycles. The zero-order valence-corrected chi connectivity index (χ0v) is 13.7. The van der Waals surface area contributed by atoms with Crippen LogP contribution in [0.25, 0.3) is 10.9 Å². The second-order valence-corrected chi connectivity index (χ2v) is 6.02. The fourth-order valence-electron chi connectivity index (χ4n) is 2.61. The average molecular weight is 367 g/mol. The van der Waals surface area contributed by atoms with E-state index in [1.54, 1.807) is 6.07 Å². The van der Waals surface area contributed by atoms with E-state index in [-0.39, 0.29) is 5.56 Å². The maximum Gasteiger partial charge on any atom is 0.416 e. The molecule has 3 nitrogen and oxygen atoms in total. The summed E-state index contributed by atoms with van der Waals surface area (Å²) in [6.07, 6.45) is -2.11. The lowest BCUT2D eigenvalue weighted by Crippen LogP contribution is -2.26. The van der Waals surface area contributed by atoms with Crippen molar-refractivity contribution in [2.24, 2.45) is 0 Å². The molecule has 0 spiro atoms. The smallest absolute Gasteiger partial charge is 0.361 e. The van der Waals surface area contributed by atoms with E-state index >= 15 is 0 Å². The molecule has 1 heterocycles. The summed E-state index contributed by atoms with van der Waals surface area (Å²) in [6, 6.07) is 9.84. The van der Waals surface area contributed by atoms with Gasteiger partial charge in [-0.2, -0.15) is 13.2 Å². The molecule has 0 fully saturated rings. The molecular formula is C18H14ClF3N2O. The van der Waals surface area contributed by atoms with E-state index in [2.05, 4.69) is 10.3 Å². The minimum atomic E-state index is -4.47. The van der Waals surface area contributed by atoms with E-state index in [9.17, 15) is 18.0 Å². The number of fused-ring (bicyclic) bond motifs is 1. The summed E-state index contributed by atoms with van der Waals surface area (Å²) < 4.78 is 38.1. The number of alkyl halides is 3. The predicted octanol–water partition coefficient (Wildman–Crippen LogP) is 4.81. The van der Waals surface area contributed by atoms with Crippen LogP contribution < -0.4 is 5.32 Å². The van der Waals surface area contributed by atoms with Crippen LogP contribution in [0.2, 0.25) is 5.02 Å². The van der Waals surface area contributed by atoms with Crippen LogP contribution in [-0.4, -0.2) is 17.4 Å². The molecular weight excluding hydrogens is 353 g/mol. The van der Waals surface area contributed by atoms with Gasteiger partial charge in [0.05, 0.1) is 5.56 Å². The lowest BCUT2D eigenvalue weighted by molar-refractivity contribution is -0.137. The lowest BCUT2D eigenvalue weighted by atomic mass is 10.1. The SMILES string of the molecule is O=C(NCCc1c[nH]c2ccc(Cl)cc12)c1cccc(C(F)(F)F)c1. The number of rotatable bonds is 4. The third-order valence-corrected chi connectivity index (χ3v) is 4.10. The van der Waals surface area contributed by atoms with Crippen molar-refractivity contribution in [1.82, 2.24) is 10.3 Å². The minimum Gasteiger partial charge on any atom is -0.361 e. The number of aromatic nitrogens is 1. The maximum absolute atomic E-state index is 12.7. The number of H-pyrrole nitrogens is 1. The van der Waals surface area contributed by atoms with Crippen LogP contribution in [0.5, 0.6) is 0 Å². The molecule has 0 radical (unpaired) electrons. The van der Waals surface area contributed by atoms with E-state index in [1.165, 1.54) is 12.1 Å². The molecule has 0 saturated carbocycles. The molecule has 25 heavy (non-hydrogen) atoms. The topological polar surface area (TPSA) is 44.9 Å². The standard InChI is InChI=1S/C18H14ClF3N2O/c19-14-4-5-16-15(9-14)12(10-24-16)6-7-23-17(25)11-2-1-3-13(8-11)18(20,21)22/h1-5,8-10,24H,6-7H2,(H,23,25). The molecule has 1 amide bonds. The van der Waals surface area contributed by atoms with E-state index in [0.717, 1.165) is 28.6 Å². The molecule has 0 aliphatic rings. The van der Waals surface area contributed by atoms with Gasteiger partial charge in [-0.15, -0.1) is 0 Å². The lowest BCUT2D eigenvalue weighted by Gasteiger charge is -2.09. The molecule has 3 aromatic rings. The summed E-state index contributed by atoms with van der Waals surface area (Å²) in [5.41, 5.74) is 1.05. The Morgan fingerprint density at radius 1 is 1.16 bits per heavy atom. The highest BCUT2D eigenvalue weighted by Gasteiger charge is 2.30. The molecule has 1 aromatic heterocycles. The third kappa shape index (κ3) is 3.96. The fourth-order valence-corrected chi connectivity index (χ4v) is 2.78. The Labute approximate surface area is 146 Å². The normalized spacial score (nSPS) is 11.7. The Balaban J connectivity index is 1.65. The highest BCUT2D eigenvalue weighted by molar-refractivity contribution is 6.31. The van der Waals surface area contributed by atoms with Crippen LogP contribution in [0, 0.1) is 0 Å². The first-order valence-corrected chi connectivity index (χ1v) is 7.93. The van der Waals surface area contributed by atoms with Crippen LogP contribution in [0.4, 0.5) is 13.2 Å². The highest BCUT2D eigenvalue weighted by atomic mass is 35.5. The predicted molar refractivity (Wildman–Crippen MR) is 90.8 cm³/mol. The van der Waals surface area contributed by atoms with Crippen molar-refractivity contribution in [2.75, 3.05) is 6.54 Å². The molecule has 0 unspecified atom stereocenters. The van der Waals surface area contributed by atoms with Crippen LogP contribution in [-0.2, 0) is 12.6 Å². The summed E-state index contributed by atoms with van der Waals surface area (Å²) in [5, 5.41) is 4.21. The van der Waals surface area contributed by atoms with E-state index < -0.39 is 17.6 Å². The summed E-state index contributed by atoms with van der Waals surface area (Å²) in [4.78, 5) is 15.2. The maximum atomic E-state index is 12.7. The van der Waals surface area contributed by atoms with Crippen molar-refractivity contribution in [3.8, 4) is 0 Å². The molecule has 130 valence electrons. The van der Waals surface area contributed by atoms with Gasteiger partial charge in [-0.3, -0.25) is 4.79 Å². The van der Waals surface area contributed by atoms with Gasteiger partial charge >= 0.3 is 6.18 Å². The van der Waals surface area contributed by atoms with Gasteiger partial charge in [-0.05, 0) is 48.4 Å². The van der Waals surface area contributed by atoms with Gasteiger partial charge in [-0.25, -0.2) is 0 Å². The summed E-state index contributed by atoms with van der Waals surface area (Å²) >= 11 is 5.99. The van der Waals surface area contributed by atoms with Crippen molar-refractivity contribution in [3.05, 3.63) is 70.4 Å². The number of amides is 1. The first-order chi connectivity index (χ1) is 11.8. The number of carbonyl (C=O) groups is 1. The second kappa shape index (κ2) is 6.80. The van der Waals surface area contributed by atoms with Crippen LogP contribution in [0.1, 0.15) is 21.5 Å². The summed E-state index contributed by atoms with van der Waals surface area (Å²) in [5.74, 6) is -0.538. The van der Waals surface area contributed by atoms with Crippen molar-refractivity contribution in [1.29, 1.82) is 0 Å². The average Bonchev–Trinajstić information content (AvgIpc) is 2.96. The zero-order chi connectivity index (χ0) is 18.0. The third-order valence-electron chi connectivity index (χ3n) is 3.86. The molecule has 0 aliphatic heterocycles. The fraction of sp³-hybridized carbons (Fsp3) is 0.167. The number of carbonyl (C=O) groups excluding carboxylic acids is 1. The van der Waals surface area contributed by atoms with Gasteiger partial charge in [0.15, 0.2) is 0 Å². The number of benzene rings is 2. The molecule has 2 N–H and O–H groups in total. The molecule has 3 rings (SSSR count). The zero-order valence-electron chi connectivity index (χ0n) is 13.0. The van der Waals surface area contributed by atoms with Crippen molar-refractivity contribution in [3.63, 3.8) is 0 Å². The Morgan fingerprint density at radius 2 is 1.96 bits per heavy atom. The molecule has 2 aromatic carbocycles. The number of halogens is 4. The summed E-state index contributed by atoms with van der Waals surface area (Å²) in [6.45, 7) is 0.300. The summed E-state index contributed by atoms with van der Waals surface area (Å²) in [7, 11) is 0. The highest BCUT2D eigenvalue weighted by Crippen LogP contribution is 2.29. The Hall–Kier alpha value is -2.47. The Morgan fingerprint density at radius 3 is 2.72 bits per heavy atom. The van der Waals surface area contributed by atoms with Crippen LogP contribution >= 0.6 is 11.6 Å². The van der Waals surface area contributed by atoms with Crippen molar-refractivity contribution < 1.29 is 18.0 Å². The quantitative estimate of drug-likeness (QED) is 0.683. The van der Waals surface area contributed by atoms with Gasteiger partial charge < -0.3 is 10.3 Å². The van der Waals surface area contributed by atoms with Gasteiger partial charge in [-0.1, -0.05) is 17.7 Å². The second-order valence-electron chi connectivity index (χ2n) is 5.59. The molecule has 0 bridgehead atoms. The molecule has 0 aliphatic carbocycles. The van der Waals surface area contributed by atoms with Gasteiger partial charge in [0, 0.05) is 34.2 Å². The van der Waals surface area contributed by atoms with Crippen molar-refractivity contribution in [2.45, 2.75) is 12.6 Å². The van der Waals surface area contributed by atoms with E-state index in [0.29, 0.717) is 18.0 Å². The largest absolute Gasteiger partial charge is 0.416 e. The van der Waals surface area contributed by atoms with Crippen LogP contribution in [0.15, 0.2) is 48.7 Å². The van der Waals surface area contributed by atoms with Crippen LogP contribution in [0.3, 0.4) is 0 Å². The number of aromatic amines is 1. The molecule has 0 atom stereocenters. The minimum absolute atomic E-state index is 0.0169.